The van der Waals surface area contributed by atoms with Gasteiger partial charge in [-0.1, -0.05) is 23.3 Å². The molecule has 14 heteroatoms. The summed E-state index contributed by atoms with van der Waals surface area (Å²) in [7, 11) is -3.88. The molecule has 0 aliphatic carbocycles. The van der Waals surface area contributed by atoms with Crippen LogP contribution in [-0.4, -0.2) is 50.2 Å². The minimum absolute atomic E-state index is 0.131. The Balaban J connectivity index is 1.36. The summed E-state index contributed by atoms with van der Waals surface area (Å²) in [5.41, 5.74) is 9.75. The van der Waals surface area contributed by atoms with Crippen LogP contribution in [0.2, 0.25) is 0 Å². The first-order valence-corrected chi connectivity index (χ1v) is 12.2. The Morgan fingerprint density at radius 2 is 1.70 bits per heavy atom. The molecule has 0 fully saturated rings. The molecule has 0 unspecified atom stereocenters. The number of sulfonamides is 1. The second-order valence-electron chi connectivity index (χ2n) is 7.84. The Kier molecular flexibility index (Phi) is 6.89. The highest BCUT2D eigenvalue weighted by Crippen LogP contribution is 2.35. The summed E-state index contributed by atoms with van der Waals surface area (Å²) in [5, 5.41) is 11.9. The van der Waals surface area contributed by atoms with Crippen LogP contribution < -0.4 is 10.5 Å². The average molecular weight is 522 g/mol. The molecule has 1 aliphatic heterocycles. The molecule has 3 amide bonds. The number of amides is 3. The molecule has 0 bridgehead atoms. The smallest absolute Gasteiger partial charge is 0.308 e. The van der Waals surface area contributed by atoms with Crippen LogP contribution in [0.15, 0.2) is 64.6 Å². The van der Waals surface area contributed by atoms with E-state index >= 15 is 0 Å². The number of anilines is 1. The van der Waals surface area contributed by atoms with Crippen molar-refractivity contribution < 1.29 is 32.3 Å². The van der Waals surface area contributed by atoms with E-state index in [1.54, 1.807) is 12.1 Å². The zero-order valence-electron chi connectivity index (χ0n) is 18.9. The van der Waals surface area contributed by atoms with Gasteiger partial charge in [-0.05, 0) is 47.3 Å². The summed E-state index contributed by atoms with van der Waals surface area (Å²) >= 11 is 0. The second-order valence-corrected chi connectivity index (χ2v) is 9.40. The van der Waals surface area contributed by atoms with E-state index in [0.717, 1.165) is 4.90 Å². The molecule has 0 aromatic heterocycles. The van der Waals surface area contributed by atoms with E-state index in [1.807, 2.05) is 0 Å². The van der Waals surface area contributed by atoms with E-state index in [-0.39, 0.29) is 40.4 Å². The first kappa shape index (κ1) is 25.3. The summed E-state index contributed by atoms with van der Waals surface area (Å²) < 4.78 is 27.5. The lowest BCUT2D eigenvalue weighted by Gasteiger charge is -2.27. The lowest BCUT2D eigenvalue weighted by atomic mass is 9.93. The molecule has 37 heavy (non-hydrogen) atoms. The Labute approximate surface area is 209 Å². The number of carbonyl (C=O) groups is 4. The Hall–Kier alpha value is -4.78. The highest BCUT2D eigenvalue weighted by molar-refractivity contribution is 7.89. The van der Waals surface area contributed by atoms with Crippen molar-refractivity contribution in [2.45, 2.75) is 11.3 Å². The van der Waals surface area contributed by atoms with Crippen molar-refractivity contribution in [3.63, 3.8) is 0 Å². The fourth-order valence-corrected chi connectivity index (χ4v) is 4.33. The third-order valence-electron chi connectivity index (χ3n) is 5.49. The number of hydrogen-bond donors (Lipinski definition) is 2. The predicted octanol–water partition coefficient (Wildman–Crippen LogP) is 2.60. The lowest BCUT2D eigenvalue weighted by molar-refractivity contribution is -0.147. The number of benzene rings is 3. The standard InChI is InChI=1S/C23H18N6O7S/c24-28-27-18-9-8-17-21-15(18)2-1-3-16(21)22(32)29(23(17)33)11-10-20(31)36-12-19(30)26-13-4-6-14(7-5-13)37(25,34)35/h1-9H,10-12H2,(H,26,30)(H2,25,34,35). The Morgan fingerprint density at radius 1 is 1.03 bits per heavy atom. The second kappa shape index (κ2) is 10.1. The third kappa shape index (κ3) is 5.26. The Morgan fingerprint density at radius 3 is 2.35 bits per heavy atom. The molecular formula is C23H18N6O7S. The van der Waals surface area contributed by atoms with Gasteiger partial charge in [0.15, 0.2) is 6.61 Å². The van der Waals surface area contributed by atoms with Crippen molar-refractivity contribution in [2.75, 3.05) is 18.5 Å². The summed E-state index contributed by atoms with van der Waals surface area (Å²) in [5.74, 6) is -2.73. The topological polar surface area (TPSA) is 202 Å². The molecule has 0 spiro atoms. The zero-order valence-corrected chi connectivity index (χ0v) is 19.8. The molecule has 0 radical (unpaired) electrons. The zero-order chi connectivity index (χ0) is 26.7. The number of primary sulfonamides is 1. The van der Waals surface area contributed by atoms with Crippen LogP contribution in [0.25, 0.3) is 21.2 Å². The molecule has 188 valence electrons. The van der Waals surface area contributed by atoms with Gasteiger partial charge < -0.3 is 10.1 Å². The van der Waals surface area contributed by atoms with E-state index in [1.165, 1.54) is 42.5 Å². The fourth-order valence-electron chi connectivity index (χ4n) is 3.82. The van der Waals surface area contributed by atoms with Gasteiger partial charge in [0.25, 0.3) is 17.7 Å². The van der Waals surface area contributed by atoms with Crippen LogP contribution in [0, 0.1) is 0 Å². The summed E-state index contributed by atoms with van der Waals surface area (Å²) in [4.78, 5) is 53.8. The van der Waals surface area contributed by atoms with Crippen molar-refractivity contribution in [1.82, 2.24) is 4.90 Å². The molecule has 3 N–H and O–H groups in total. The van der Waals surface area contributed by atoms with E-state index in [4.69, 9.17) is 15.4 Å². The highest BCUT2D eigenvalue weighted by Gasteiger charge is 2.33. The molecule has 0 saturated carbocycles. The minimum Gasteiger partial charge on any atom is -0.456 e. The van der Waals surface area contributed by atoms with E-state index in [2.05, 4.69) is 15.3 Å². The van der Waals surface area contributed by atoms with Crippen LogP contribution in [-0.2, 0) is 24.3 Å². The van der Waals surface area contributed by atoms with Gasteiger partial charge in [0.05, 0.1) is 11.3 Å². The number of esters is 1. The quantitative estimate of drug-likeness (QED) is 0.149. The average Bonchev–Trinajstić information content (AvgIpc) is 2.86. The number of nitrogens with zero attached hydrogens (tertiary/aromatic N) is 4. The molecular weight excluding hydrogens is 504 g/mol. The molecule has 4 rings (SSSR count). The van der Waals surface area contributed by atoms with Gasteiger partial charge in [-0.25, -0.2) is 13.6 Å². The lowest BCUT2D eigenvalue weighted by Crippen LogP contribution is -2.41. The van der Waals surface area contributed by atoms with Crippen LogP contribution in [0.5, 0.6) is 0 Å². The number of nitrogens with two attached hydrogens (primary N) is 1. The van der Waals surface area contributed by atoms with Crippen molar-refractivity contribution >= 4 is 55.9 Å². The first-order chi connectivity index (χ1) is 17.6. The number of carbonyl (C=O) groups excluding carboxylic acids is 4. The number of ether oxygens (including phenoxy) is 1. The van der Waals surface area contributed by atoms with Gasteiger partial charge in [-0.3, -0.25) is 24.1 Å². The van der Waals surface area contributed by atoms with Gasteiger partial charge in [-0.15, -0.1) is 0 Å². The number of nitrogens with one attached hydrogen (secondary N) is 1. The number of hydrogen-bond acceptors (Lipinski definition) is 8. The largest absolute Gasteiger partial charge is 0.456 e. The first-order valence-electron chi connectivity index (χ1n) is 10.7. The third-order valence-corrected chi connectivity index (χ3v) is 6.42. The van der Waals surface area contributed by atoms with Gasteiger partial charge in [-0.2, -0.15) is 0 Å². The van der Waals surface area contributed by atoms with E-state index in [0.29, 0.717) is 10.8 Å². The molecule has 0 saturated heterocycles. The number of azide groups is 1. The monoisotopic (exact) mass is 522 g/mol. The number of imide groups is 1. The maximum atomic E-state index is 13.0. The maximum absolute atomic E-state index is 13.0. The van der Waals surface area contributed by atoms with E-state index in [9.17, 15) is 27.6 Å². The van der Waals surface area contributed by atoms with Crippen molar-refractivity contribution in [3.05, 3.63) is 76.2 Å². The molecule has 3 aromatic carbocycles. The van der Waals surface area contributed by atoms with Crippen molar-refractivity contribution in [3.8, 4) is 0 Å². The SMILES string of the molecule is [N-]=[N+]=Nc1ccc2c3c(cccc13)C(=O)N(CCC(=O)OCC(=O)Nc1ccc(S(N)(=O)=O)cc1)C2=O. The van der Waals surface area contributed by atoms with Crippen molar-refractivity contribution in [1.29, 1.82) is 0 Å². The Bertz CT molecular complexity index is 1590. The van der Waals surface area contributed by atoms with Gasteiger partial charge in [0.1, 0.15) is 0 Å². The fraction of sp³-hybridized carbons (Fsp3) is 0.130. The maximum Gasteiger partial charge on any atom is 0.308 e. The summed E-state index contributed by atoms with van der Waals surface area (Å²) in [6, 6.07) is 12.8. The van der Waals surface area contributed by atoms with Crippen molar-refractivity contribution in [2.24, 2.45) is 10.3 Å². The van der Waals surface area contributed by atoms with Gasteiger partial charge >= 0.3 is 5.97 Å². The molecule has 3 aromatic rings. The van der Waals surface area contributed by atoms with Crippen LogP contribution in [0.4, 0.5) is 11.4 Å². The summed E-state index contributed by atoms with van der Waals surface area (Å²) in [6.07, 6.45) is -0.351. The van der Waals surface area contributed by atoms with Crippen LogP contribution in [0.1, 0.15) is 27.1 Å². The van der Waals surface area contributed by atoms with Gasteiger partial charge in [0.2, 0.25) is 10.0 Å². The predicted molar refractivity (Wildman–Crippen MR) is 130 cm³/mol. The van der Waals surface area contributed by atoms with Gasteiger partial charge in [0, 0.05) is 39.3 Å². The molecule has 1 aliphatic rings. The highest BCUT2D eigenvalue weighted by atomic mass is 32.2. The summed E-state index contributed by atoms with van der Waals surface area (Å²) in [6.45, 7) is -0.914. The molecule has 1 heterocycles. The van der Waals surface area contributed by atoms with Crippen LogP contribution in [0.3, 0.4) is 0 Å². The molecule has 13 nitrogen and oxygen atoms in total. The number of rotatable bonds is 8. The molecule has 0 atom stereocenters. The minimum atomic E-state index is -3.88. The van der Waals surface area contributed by atoms with Crippen LogP contribution >= 0.6 is 0 Å². The van der Waals surface area contributed by atoms with E-state index < -0.39 is 40.3 Å². The normalized spacial score (nSPS) is 12.7.